The van der Waals surface area contributed by atoms with Crippen LogP contribution < -0.4 is 9.47 Å². The molecular formula is C20H21N5O3. The molecule has 0 spiro atoms. The van der Waals surface area contributed by atoms with E-state index < -0.39 is 0 Å². The second kappa shape index (κ2) is 8.08. The monoisotopic (exact) mass is 379 g/mol. The van der Waals surface area contributed by atoms with E-state index in [0.29, 0.717) is 36.1 Å². The van der Waals surface area contributed by atoms with Crippen LogP contribution in [-0.2, 0) is 0 Å². The first kappa shape index (κ1) is 18.0. The number of aromatic amines is 1. The van der Waals surface area contributed by atoms with Gasteiger partial charge in [-0.05, 0) is 31.0 Å². The number of likely N-dealkylation sites (tertiary alicyclic amines) is 1. The van der Waals surface area contributed by atoms with Crippen LogP contribution in [0.15, 0.2) is 48.9 Å². The first-order chi connectivity index (χ1) is 13.7. The minimum absolute atomic E-state index is 0.0929. The largest absolute Gasteiger partial charge is 0.496 e. The van der Waals surface area contributed by atoms with Crippen LogP contribution in [0.5, 0.6) is 11.6 Å². The zero-order chi connectivity index (χ0) is 19.3. The van der Waals surface area contributed by atoms with Crippen LogP contribution in [0, 0.1) is 0 Å². The van der Waals surface area contributed by atoms with Crippen molar-refractivity contribution in [1.82, 2.24) is 25.1 Å². The van der Waals surface area contributed by atoms with E-state index in [1.54, 1.807) is 30.3 Å². The lowest BCUT2D eigenvalue weighted by Crippen LogP contribution is -2.44. The Balaban J connectivity index is 1.46. The van der Waals surface area contributed by atoms with E-state index in [4.69, 9.17) is 9.47 Å². The van der Waals surface area contributed by atoms with Crippen LogP contribution in [0.25, 0.3) is 11.3 Å². The number of carbonyl (C=O) groups is 1. The van der Waals surface area contributed by atoms with Gasteiger partial charge in [0.1, 0.15) is 23.9 Å². The SMILES string of the molecule is COc1ccccc1-c1cc(C(=O)N2CCCC(Oc3ccncn3)C2)[nH]n1. The maximum atomic E-state index is 12.9. The van der Waals surface area contributed by atoms with Crippen molar-refractivity contribution in [3.63, 3.8) is 0 Å². The molecule has 1 aliphatic rings. The summed E-state index contributed by atoms with van der Waals surface area (Å²) < 4.78 is 11.3. The van der Waals surface area contributed by atoms with Crippen LogP contribution in [0.2, 0.25) is 0 Å². The van der Waals surface area contributed by atoms with Crippen molar-refractivity contribution in [2.24, 2.45) is 0 Å². The van der Waals surface area contributed by atoms with Crippen LogP contribution in [0.1, 0.15) is 23.3 Å². The minimum Gasteiger partial charge on any atom is -0.496 e. The minimum atomic E-state index is -0.0933. The van der Waals surface area contributed by atoms with Gasteiger partial charge in [-0.1, -0.05) is 12.1 Å². The van der Waals surface area contributed by atoms with Gasteiger partial charge in [0.05, 0.1) is 19.3 Å². The summed E-state index contributed by atoms with van der Waals surface area (Å²) in [6.07, 6.45) is 4.74. The molecule has 1 aliphatic heterocycles. The van der Waals surface area contributed by atoms with Crippen molar-refractivity contribution in [1.29, 1.82) is 0 Å². The number of nitrogens with zero attached hydrogens (tertiary/aromatic N) is 4. The fraction of sp³-hybridized carbons (Fsp3) is 0.300. The van der Waals surface area contributed by atoms with Gasteiger partial charge >= 0.3 is 0 Å². The Morgan fingerprint density at radius 1 is 1.29 bits per heavy atom. The Hall–Kier alpha value is -3.42. The Bertz CT molecular complexity index is 944. The number of carbonyl (C=O) groups excluding carboxylic acids is 1. The van der Waals surface area contributed by atoms with E-state index >= 15 is 0 Å². The Labute approximate surface area is 162 Å². The summed E-state index contributed by atoms with van der Waals surface area (Å²) in [6.45, 7) is 1.19. The smallest absolute Gasteiger partial charge is 0.272 e. The summed E-state index contributed by atoms with van der Waals surface area (Å²) in [5.74, 6) is 1.14. The van der Waals surface area contributed by atoms with E-state index in [0.717, 1.165) is 18.4 Å². The third-order valence-electron chi connectivity index (χ3n) is 4.70. The fourth-order valence-corrected chi connectivity index (χ4v) is 3.33. The van der Waals surface area contributed by atoms with Crippen molar-refractivity contribution in [2.75, 3.05) is 20.2 Å². The van der Waals surface area contributed by atoms with Gasteiger partial charge in [0.15, 0.2) is 0 Å². The zero-order valence-corrected chi connectivity index (χ0v) is 15.5. The summed E-state index contributed by atoms with van der Waals surface area (Å²) >= 11 is 0. The predicted octanol–water partition coefficient (Wildman–Crippen LogP) is 2.56. The first-order valence-electron chi connectivity index (χ1n) is 9.15. The summed E-state index contributed by atoms with van der Waals surface area (Å²) in [4.78, 5) is 22.7. The van der Waals surface area contributed by atoms with Gasteiger partial charge in [0.25, 0.3) is 5.91 Å². The molecule has 1 amide bonds. The van der Waals surface area contributed by atoms with Gasteiger partial charge in [-0.15, -0.1) is 0 Å². The van der Waals surface area contributed by atoms with Crippen molar-refractivity contribution in [3.8, 4) is 22.9 Å². The highest BCUT2D eigenvalue weighted by Gasteiger charge is 2.27. The number of hydrogen-bond acceptors (Lipinski definition) is 6. The molecule has 1 fully saturated rings. The molecule has 2 aromatic heterocycles. The number of nitrogens with one attached hydrogen (secondary N) is 1. The van der Waals surface area contributed by atoms with Gasteiger partial charge in [-0.2, -0.15) is 5.10 Å². The number of piperidine rings is 1. The second-order valence-corrected chi connectivity index (χ2v) is 6.55. The van der Waals surface area contributed by atoms with E-state index in [2.05, 4.69) is 20.2 Å². The van der Waals surface area contributed by atoms with E-state index in [-0.39, 0.29) is 12.0 Å². The van der Waals surface area contributed by atoms with Crippen molar-refractivity contribution in [2.45, 2.75) is 18.9 Å². The van der Waals surface area contributed by atoms with Gasteiger partial charge in [0, 0.05) is 24.4 Å². The third kappa shape index (κ3) is 3.80. The number of rotatable bonds is 5. The molecule has 8 heteroatoms. The Morgan fingerprint density at radius 2 is 2.18 bits per heavy atom. The lowest BCUT2D eigenvalue weighted by Gasteiger charge is -2.32. The molecule has 4 rings (SSSR count). The van der Waals surface area contributed by atoms with Gasteiger partial charge in [-0.3, -0.25) is 9.89 Å². The van der Waals surface area contributed by atoms with Crippen molar-refractivity contribution >= 4 is 5.91 Å². The predicted molar refractivity (Wildman–Crippen MR) is 102 cm³/mol. The lowest BCUT2D eigenvalue weighted by atomic mass is 10.1. The number of methoxy groups -OCH3 is 1. The van der Waals surface area contributed by atoms with E-state index in [1.165, 1.54) is 6.33 Å². The third-order valence-corrected chi connectivity index (χ3v) is 4.70. The maximum absolute atomic E-state index is 12.9. The van der Waals surface area contributed by atoms with Gasteiger partial charge in [0.2, 0.25) is 5.88 Å². The number of hydrogen-bond donors (Lipinski definition) is 1. The molecule has 0 aliphatic carbocycles. The standard InChI is InChI=1S/C20H21N5O3/c1-27-18-7-3-2-6-15(18)16-11-17(24-23-16)20(26)25-10-4-5-14(12-25)28-19-8-9-21-13-22-19/h2-3,6-9,11,13-14H,4-5,10,12H2,1H3,(H,23,24). The van der Waals surface area contributed by atoms with Crippen LogP contribution in [0.3, 0.4) is 0 Å². The normalized spacial score (nSPS) is 16.6. The zero-order valence-electron chi connectivity index (χ0n) is 15.5. The fourth-order valence-electron chi connectivity index (χ4n) is 3.33. The molecule has 0 radical (unpaired) electrons. The Morgan fingerprint density at radius 3 is 3.00 bits per heavy atom. The highest BCUT2D eigenvalue weighted by atomic mass is 16.5. The maximum Gasteiger partial charge on any atom is 0.272 e. The quantitative estimate of drug-likeness (QED) is 0.732. The topological polar surface area (TPSA) is 93.2 Å². The number of ether oxygens (including phenoxy) is 2. The average Bonchev–Trinajstić information content (AvgIpc) is 3.24. The number of amides is 1. The first-order valence-corrected chi connectivity index (χ1v) is 9.15. The lowest BCUT2D eigenvalue weighted by molar-refractivity contribution is 0.0522. The summed E-state index contributed by atoms with van der Waals surface area (Å²) in [5.41, 5.74) is 1.96. The Kier molecular flexibility index (Phi) is 5.18. The molecule has 1 atom stereocenters. The van der Waals surface area contributed by atoms with Gasteiger partial charge < -0.3 is 14.4 Å². The molecule has 28 heavy (non-hydrogen) atoms. The number of H-pyrrole nitrogens is 1. The van der Waals surface area contributed by atoms with Gasteiger partial charge in [-0.25, -0.2) is 9.97 Å². The molecule has 144 valence electrons. The number of para-hydroxylation sites is 1. The average molecular weight is 379 g/mol. The highest BCUT2D eigenvalue weighted by Crippen LogP contribution is 2.28. The molecule has 0 saturated carbocycles. The number of benzene rings is 1. The van der Waals surface area contributed by atoms with E-state index in [1.807, 2.05) is 24.3 Å². The summed E-state index contributed by atoms with van der Waals surface area (Å²) in [5, 5.41) is 7.16. The van der Waals surface area contributed by atoms with Crippen molar-refractivity contribution < 1.29 is 14.3 Å². The van der Waals surface area contributed by atoms with Crippen LogP contribution >= 0.6 is 0 Å². The van der Waals surface area contributed by atoms with Crippen LogP contribution in [0.4, 0.5) is 0 Å². The molecule has 1 unspecified atom stereocenters. The molecule has 3 heterocycles. The molecule has 1 N–H and O–H groups in total. The molecular weight excluding hydrogens is 358 g/mol. The van der Waals surface area contributed by atoms with Crippen molar-refractivity contribution in [3.05, 3.63) is 54.6 Å². The summed E-state index contributed by atoms with van der Waals surface area (Å²) in [7, 11) is 1.61. The molecule has 1 saturated heterocycles. The van der Waals surface area contributed by atoms with Crippen LogP contribution in [-0.4, -0.2) is 57.3 Å². The highest BCUT2D eigenvalue weighted by molar-refractivity contribution is 5.93. The molecule has 3 aromatic rings. The van der Waals surface area contributed by atoms with E-state index in [9.17, 15) is 4.79 Å². The molecule has 0 bridgehead atoms. The molecule has 8 nitrogen and oxygen atoms in total. The number of aromatic nitrogens is 4. The molecule has 1 aromatic carbocycles. The second-order valence-electron chi connectivity index (χ2n) is 6.55. The summed E-state index contributed by atoms with van der Waals surface area (Å²) in [6, 6.07) is 11.1.